The third-order valence-electron chi connectivity index (χ3n) is 3.67. The monoisotopic (exact) mass is 374 g/mol. The summed E-state index contributed by atoms with van der Waals surface area (Å²) < 4.78 is 31.2. The van der Waals surface area contributed by atoms with Gasteiger partial charge in [-0.2, -0.15) is 0 Å². The van der Waals surface area contributed by atoms with Crippen molar-refractivity contribution in [2.75, 3.05) is 27.4 Å². The molecule has 2 aromatic rings. The van der Waals surface area contributed by atoms with Gasteiger partial charge in [0, 0.05) is 6.08 Å². The zero-order valence-corrected chi connectivity index (χ0v) is 14.9. The minimum atomic E-state index is -0.597. The third kappa shape index (κ3) is 4.41. The lowest BCUT2D eigenvalue weighted by atomic mass is 10.1. The van der Waals surface area contributed by atoms with E-state index in [2.05, 4.69) is 4.74 Å². The minimum Gasteiger partial charge on any atom is -0.493 e. The van der Waals surface area contributed by atoms with Crippen LogP contribution in [-0.2, 0) is 20.9 Å². The topological polar surface area (TPSA) is 93.4 Å². The summed E-state index contributed by atoms with van der Waals surface area (Å²) in [4.78, 5) is 23.2. The smallest absolute Gasteiger partial charge is 0.373 e. The fourth-order valence-electron chi connectivity index (χ4n) is 2.41. The van der Waals surface area contributed by atoms with E-state index < -0.39 is 11.9 Å². The van der Waals surface area contributed by atoms with Gasteiger partial charge in [-0.3, -0.25) is 0 Å². The van der Waals surface area contributed by atoms with Crippen LogP contribution in [-0.4, -0.2) is 39.4 Å². The van der Waals surface area contributed by atoms with Gasteiger partial charge in [0.15, 0.2) is 11.5 Å². The Morgan fingerprint density at radius 3 is 2.74 bits per heavy atom. The van der Waals surface area contributed by atoms with Crippen LogP contribution in [0.25, 0.3) is 6.08 Å². The van der Waals surface area contributed by atoms with Crippen LogP contribution in [0.1, 0.15) is 21.9 Å². The lowest BCUT2D eigenvalue weighted by molar-refractivity contribution is -0.139. The summed E-state index contributed by atoms with van der Waals surface area (Å²) in [6.45, 7) is 0.794. The highest BCUT2D eigenvalue weighted by atomic mass is 16.6. The van der Waals surface area contributed by atoms with Crippen LogP contribution in [0.15, 0.2) is 34.8 Å². The van der Waals surface area contributed by atoms with E-state index in [9.17, 15) is 9.59 Å². The van der Waals surface area contributed by atoms with Crippen LogP contribution in [0.4, 0.5) is 0 Å². The molecule has 0 atom stereocenters. The molecule has 142 valence electrons. The Hall–Kier alpha value is -3.42. The van der Waals surface area contributed by atoms with Gasteiger partial charge in [-0.25, -0.2) is 9.59 Å². The van der Waals surface area contributed by atoms with Gasteiger partial charge < -0.3 is 28.1 Å². The molecule has 3 rings (SSSR count). The molecule has 8 nitrogen and oxygen atoms in total. The summed E-state index contributed by atoms with van der Waals surface area (Å²) in [5.74, 6) is 0.828. The standard InChI is InChI=1S/C19H18O8/c1-22-15-9-12(10-16-18(15)25-8-7-24-16)3-6-17(20)26-11-13-4-5-14(27-13)19(21)23-2/h3-6,9-10H,7-8,11H2,1-2H3/b6-3+. The second kappa shape index (κ2) is 8.31. The SMILES string of the molecule is COC(=O)c1ccc(COC(=O)/C=C/c2cc(OC)c3c(c2)OCCO3)o1. The van der Waals surface area contributed by atoms with Gasteiger partial charge in [-0.1, -0.05) is 0 Å². The molecule has 1 aromatic carbocycles. The van der Waals surface area contributed by atoms with Gasteiger partial charge in [-0.15, -0.1) is 0 Å². The molecule has 0 aliphatic carbocycles. The molecule has 0 unspecified atom stereocenters. The summed E-state index contributed by atoms with van der Waals surface area (Å²) in [7, 11) is 2.78. The average molecular weight is 374 g/mol. The average Bonchev–Trinajstić information content (AvgIpc) is 3.18. The number of hydrogen-bond acceptors (Lipinski definition) is 8. The maximum atomic E-state index is 11.9. The van der Waals surface area contributed by atoms with Gasteiger partial charge >= 0.3 is 11.9 Å². The Labute approximate surface area is 155 Å². The Morgan fingerprint density at radius 1 is 1.15 bits per heavy atom. The van der Waals surface area contributed by atoms with E-state index >= 15 is 0 Å². The van der Waals surface area contributed by atoms with Gasteiger partial charge in [0.25, 0.3) is 0 Å². The van der Waals surface area contributed by atoms with Gasteiger partial charge in [0.2, 0.25) is 11.5 Å². The van der Waals surface area contributed by atoms with Crippen LogP contribution in [0, 0.1) is 0 Å². The molecule has 0 bridgehead atoms. The normalized spacial score (nSPS) is 12.7. The predicted molar refractivity (Wildman–Crippen MR) is 92.9 cm³/mol. The molecule has 0 spiro atoms. The second-order valence-electron chi connectivity index (χ2n) is 5.45. The molecule has 1 aliphatic rings. The first-order chi connectivity index (χ1) is 13.1. The van der Waals surface area contributed by atoms with E-state index in [0.29, 0.717) is 41.8 Å². The first-order valence-electron chi connectivity index (χ1n) is 8.10. The highest BCUT2D eigenvalue weighted by Gasteiger charge is 2.18. The van der Waals surface area contributed by atoms with Gasteiger partial charge in [0.05, 0.1) is 14.2 Å². The van der Waals surface area contributed by atoms with Crippen LogP contribution in [0.2, 0.25) is 0 Å². The van der Waals surface area contributed by atoms with Crippen molar-refractivity contribution in [3.8, 4) is 17.2 Å². The fourth-order valence-corrected chi connectivity index (χ4v) is 2.41. The van der Waals surface area contributed by atoms with E-state index in [1.807, 2.05) is 0 Å². The molecule has 0 amide bonds. The van der Waals surface area contributed by atoms with Crippen molar-refractivity contribution in [2.45, 2.75) is 6.61 Å². The quantitative estimate of drug-likeness (QED) is 0.563. The summed E-state index contributed by atoms with van der Waals surface area (Å²) >= 11 is 0. The van der Waals surface area contributed by atoms with Gasteiger partial charge in [0.1, 0.15) is 25.6 Å². The lowest BCUT2D eigenvalue weighted by Gasteiger charge is -2.20. The largest absolute Gasteiger partial charge is 0.493 e. The van der Waals surface area contributed by atoms with Crippen LogP contribution in [0.5, 0.6) is 17.2 Å². The molecule has 27 heavy (non-hydrogen) atoms. The minimum absolute atomic E-state index is 0.0439. The Balaban J connectivity index is 1.61. The molecule has 0 radical (unpaired) electrons. The molecular formula is C19H18O8. The summed E-state index contributed by atoms with van der Waals surface area (Å²) in [6, 6.07) is 6.46. The number of carbonyl (C=O) groups is 2. The number of methoxy groups -OCH3 is 2. The number of rotatable bonds is 6. The molecule has 8 heteroatoms. The van der Waals surface area contributed by atoms with Crippen molar-refractivity contribution in [1.82, 2.24) is 0 Å². The summed E-state index contributed by atoms with van der Waals surface area (Å²) in [5, 5.41) is 0. The molecular weight excluding hydrogens is 356 g/mol. The molecule has 1 aliphatic heterocycles. The molecule has 0 saturated heterocycles. The van der Waals surface area contributed by atoms with Crippen molar-refractivity contribution in [1.29, 1.82) is 0 Å². The van der Waals surface area contributed by atoms with Crippen molar-refractivity contribution in [3.63, 3.8) is 0 Å². The predicted octanol–water partition coefficient (Wildman–Crippen LogP) is 2.60. The number of furan rings is 1. The molecule has 0 fully saturated rings. The molecule has 0 N–H and O–H groups in total. The molecule has 0 saturated carbocycles. The Morgan fingerprint density at radius 2 is 1.96 bits per heavy atom. The highest BCUT2D eigenvalue weighted by molar-refractivity contribution is 5.87. The fraction of sp³-hybridized carbons (Fsp3) is 0.263. The zero-order chi connectivity index (χ0) is 19.2. The van der Waals surface area contributed by atoms with Crippen molar-refractivity contribution in [3.05, 3.63) is 47.4 Å². The number of carbonyl (C=O) groups excluding carboxylic acids is 2. The lowest BCUT2D eigenvalue weighted by Crippen LogP contribution is -2.16. The first kappa shape index (κ1) is 18.4. The number of fused-ring (bicyclic) bond motifs is 1. The summed E-state index contributed by atoms with van der Waals surface area (Å²) in [5.41, 5.74) is 0.694. The number of esters is 2. The Kier molecular flexibility index (Phi) is 5.65. The maximum absolute atomic E-state index is 11.9. The van der Waals surface area contributed by atoms with Crippen LogP contribution in [0.3, 0.4) is 0 Å². The van der Waals surface area contributed by atoms with E-state index in [-0.39, 0.29) is 12.4 Å². The van der Waals surface area contributed by atoms with E-state index in [0.717, 1.165) is 0 Å². The Bertz CT molecular complexity index is 847. The zero-order valence-electron chi connectivity index (χ0n) is 14.9. The summed E-state index contributed by atoms with van der Waals surface area (Å²) in [6.07, 6.45) is 2.85. The second-order valence-corrected chi connectivity index (χ2v) is 5.45. The highest BCUT2D eigenvalue weighted by Crippen LogP contribution is 2.40. The number of ether oxygens (including phenoxy) is 5. The molecule has 2 heterocycles. The third-order valence-corrected chi connectivity index (χ3v) is 3.67. The number of benzene rings is 1. The van der Waals surface area contributed by atoms with E-state index in [4.69, 9.17) is 23.4 Å². The van der Waals surface area contributed by atoms with E-state index in [1.54, 1.807) is 18.2 Å². The van der Waals surface area contributed by atoms with Crippen molar-refractivity contribution in [2.24, 2.45) is 0 Å². The van der Waals surface area contributed by atoms with Crippen LogP contribution >= 0.6 is 0 Å². The first-order valence-corrected chi connectivity index (χ1v) is 8.10. The number of hydrogen-bond donors (Lipinski definition) is 0. The maximum Gasteiger partial charge on any atom is 0.373 e. The van der Waals surface area contributed by atoms with Crippen LogP contribution < -0.4 is 14.2 Å². The van der Waals surface area contributed by atoms with Crippen molar-refractivity contribution < 1.29 is 37.7 Å². The van der Waals surface area contributed by atoms with Gasteiger partial charge in [-0.05, 0) is 35.9 Å². The molecule has 1 aromatic heterocycles. The van der Waals surface area contributed by atoms with Crippen molar-refractivity contribution >= 4 is 18.0 Å². The van der Waals surface area contributed by atoms with E-state index in [1.165, 1.54) is 32.4 Å².